The Morgan fingerprint density at radius 3 is 2.62 bits per heavy atom. The van der Waals surface area contributed by atoms with E-state index in [1.54, 1.807) is 7.05 Å². The number of nitrogens with two attached hydrogens (primary N) is 1. The van der Waals surface area contributed by atoms with Gasteiger partial charge in [0.15, 0.2) is 7.05 Å². The van der Waals surface area contributed by atoms with Crippen molar-refractivity contribution in [1.82, 2.24) is 10.2 Å². The van der Waals surface area contributed by atoms with E-state index in [9.17, 15) is 22.8 Å². The van der Waals surface area contributed by atoms with Crippen LogP contribution in [0.4, 0.5) is 5.69 Å². The van der Waals surface area contributed by atoms with Gasteiger partial charge in [-0.2, -0.15) is 0 Å². The van der Waals surface area contributed by atoms with Gasteiger partial charge in [0.1, 0.15) is 12.6 Å². The van der Waals surface area contributed by atoms with Gasteiger partial charge in [-0.3, -0.25) is 14.1 Å². The van der Waals surface area contributed by atoms with Crippen LogP contribution in [0.5, 0.6) is 0 Å². The Morgan fingerprint density at radius 1 is 1.34 bits per heavy atom. The van der Waals surface area contributed by atoms with Crippen LogP contribution < -0.4 is 20.8 Å². The van der Waals surface area contributed by atoms with Crippen LogP contribution in [0.25, 0.3) is 0 Å². The van der Waals surface area contributed by atoms with E-state index in [-0.39, 0.29) is 36.7 Å². The third-order valence-electron chi connectivity index (χ3n) is 4.36. The predicted octanol–water partition coefficient (Wildman–Crippen LogP) is -1.80. The van der Waals surface area contributed by atoms with E-state index in [4.69, 9.17) is 9.88 Å². The number of sulfonamides is 1. The second-order valence-corrected chi connectivity index (χ2v) is 7.99. The first-order chi connectivity index (χ1) is 13.6. The number of aryl methyl sites for hydroxylation is 1. The van der Waals surface area contributed by atoms with Crippen LogP contribution in [-0.2, 0) is 37.9 Å². The number of hydrogen-bond donors (Lipinski definition) is 3. The smallest absolute Gasteiger partial charge is 0.366 e. The van der Waals surface area contributed by atoms with Crippen LogP contribution in [0.3, 0.4) is 0 Å². The lowest BCUT2D eigenvalue weighted by atomic mass is 10.1. The number of rotatable bonds is 6. The molecule has 2 heterocycles. The van der Waals surface area contributed by atoms with Crippen LogP contribution in [0.15, 0.2) is 38.5 Å². The molecular weight excluding hydrogens is 406 g/mol. The number of benzene rings is 1. The van der Waals surface area contributed by atoms with Crippen LogP contribution in [0.2, 0.25) is 0 Å². The van der Waals surface area contributed by atoms with Crippen molar-refractivity contribution < 1.29 is 31.9 Å². The van der Waals surface area contributed by atoms with E-state index in [0.717, 1.165) is 0 Å². The number of hydrogen-bond acceptors (Lipinski definition) is 7. The molecule has 0 aliphatic carbocycles. The molecule has 0 saturated carbocycles. The topological polar surface area (TPSA) is 169 Å². The summed E-state index contributed by atoms with van der Waals surface area (Å²) in [5, 5.41) is 9.97. The maximum atomic E-state index is 12.6. The van der Waals surface area contributed by atoms with Crippen molar-refractivity contribution in [3.8, 4) is 0 Å². The molecule has 1 fully saturated rings. The Morgan fingerprint density at radius 2 is 2.03 bits per heavy atom. The Hall–Kier alpha value is -3.03. The van der Waals surface area contributed by atoms with E-state index in [0.29, 0.717) is 5.69 Å². The van der Waals surface area contributed by atoms with Gasteiger partial charge in [0.05, 0.1) is 17.9 Å². The fourth-order valence-corrected chi connectivity index (χ4v) is 3.33. The molecule has 1 aliphatic heterocycles. The molecule has 1 unspecified atom stereocenters. The van der Waals surface area contributed by atoms with Gasteiger partial charge >= 0.3 is 11.3 Å². The van der Waals surface area contributed by atoms with Gasteiger partial charge < -0.3 is 15.0 Å². The molecule has 2 aromatic rings. The molecule has 29 heavy (non-hydrogen) atoms. The van der Waals surface area contributed by atoms with Crippen molar-refractivity contribution in [2.75, 3.05) is 18.5 Å². The highest BCUT2D eigenvalue weighted by molar-refractivity contribution is 7.89. The fraction of sp³-hybridized carbons (Fsp3) is 0.375. The summed E-state index contributed by atoms with van der Waals surface area (Å²) in [4.78, 5) is 37.9. The number of anilines is 1. The number of H-pyrrole nitrogens is 1. The molecule has 13 heteroatoms. The van der Waals surface area contributed by atoms with Gasteiger partial charge in [-0.05, 0) is 29.5 Å². The SMILES string of the molecule is C[n+]1[nH]oc(=O)c1CN1CCOC(CC(=O)Nc2ccc(S(N)(=O)=O)cc2)C1=O. The average molecular weight is 426 g/mol. The third kappa shape index (κ3) is 4.88. The normalized spacial score (nSPS) is 17.4. The molecule has 0 spiro atoms. The number of carbonyl (C=O) groups is 2. The van der Waals surface area contributed by atoms with Crippen LogP contribution in [0, 0.1) is 0 Å². The van der Waals surface area contributed by atoms with Crippen LogP contribution in [-0.4, -0.2) is 49.7 Å². The van der Waals surface area contributed by atoms with Gasteiger partial charge in [-0.15, -0.1) is 0 Å². The molecule has 12 nitrogen and oxygen atoms in total. The van der Waals surface area contributed by atoms with Gasteiger partial charge in [0.2, 0.25) is 15.9 Å². The number of amides is 2. The monoisotopic (exact) mass is 426 g/mol. The molecule has 4 N–H and O–H groups in total. The van der Waals surface area contributed by atoms with E-state index in [2.05, 4.69) is 15.1 Å². The quantitative estimate of drug-likeness (QED) is 0.458. The number of nitrogens with zero attached hydrogens (tertiary/aromatic N) is 2. The van der Waals surface area contributed by atoms with Crippen molar-refractivity contribution in [2.45, 2.75) is 24.0 Å². The maximum Gasteiger partial charge on any atom is 0.431 e. The van der Waals surface area contributed by atoms with E-state index in [1.165, 1.54) is 33.8 Å². The van der Waals surface area contributed by atoms with Crippen LogP contribution in [0.1, 0.15) is 12.1 Å². The highest BCUT2D eigenvalue weighted by Crippen LogP contribution is 2.16. The minimum absolute atomic E-state index is 0.0255. The molecule has 1 atom stereocenters. The lowest BCUT2D eigenvalue weighted by Gasteiger charge is -2.30. The molecule has 2 amide bonds. The van der Waals surface area contributed by atoms with Gasteiger partial charge in [0, 0.05) is 12.2 Å². The summed E-state index contributed by atoms with van der Waals surface area (Å²) < 4.78 is 34.0. The lowest BCUT2D eigenvalue weighted by Crippen LogP contribution is -2.50. The first kappa shape index (κ1) is 20.7. The first-order valence-corrected chi connectivity index (χ1v) is 10.1. The van der Waals surface area contributed by atoms with Crippen molar-refractivity contribution in [3.05, 3.63) is 40.4 Å². The minimum Gasteiger partial charge on any atom is -0.366 e. The minimum atomic E-state index is -3.83. The molecule has 3 rings (SSSR count). The van der Waals surface area contributed by atoms with Gasteiger partial charge in [-0.25, -0.2) is 18.4 Å². The van der Waals surface area contributed by atoms with E-state index < -0.39 is 33.6 Å². The first-order valence-electron chi connectivity index (χ1n) is 8.54. The molecule has 1 aromatic heterocycles. The van der Waals surface area contributed by atoms with Crippen molar-refractivity contribution in [1.29, 1.82) is 0 Å². The second-order valence-electron chi connectivity index (χ2n) is 6.43. The summed E-state index contributed by atoms with van der Waals surface area (Å²) in [5.74, 6) is -0.906. The fourth-order valence-electron chi connectivity index (χ4n) is 2.81. The highest BCUT2D eigenvalue weighted by Gasteiger charge is 2.34. The van der Waals surface area contributed by atoms with Crippen molar-refractivity contribution >= 4 is 27.5 Å². The third-order valence-corrected chi connectivity index (χ3v) is 5.29. The maximum absolute atomic E-state index is 12.6. The second kappa shape index (κ2) is 8.14. The number of nitrogens with one attached hydrogen (secondary N) is 2. The Labute approximate surface area is 165 Å². The van der Waals surface area contributed by atoms with Crippen molar-refractivity contribution in [2.24, 2.45) is 12.2 Å². The number of aromatic amines is 1. The predicted molar refractivity (Wildman–Crippen MR) is 96.7 cm³/mol. The van der Waals surface area contributed by atoms with Gasteiger partial charge in [-0.1, -0.05) is 4.68 Å². The molecule has 0 bridgehead atoms. The molecule has 1 aromatic carbocycles. The van der Waals surface area contributed by atoms with Crippen LogP contribution >= 0.6 is 0 Å². The summed E-state index contributed by atoms with van der Waals surface area (Å²) in [6.45, 7) is 0.514. The summed E-state index contributed by atoms with van der Waals surface area (Å²) in [5.41, 5.74) is 0.0295. The summed E-state index contributed by atoms with van der Waals surface area (Å²) in [7, 11) is -2.25. The number of carbonyl (C=O) groups excluding carboxylic acids is 2. The zero-order chi connectivity index (χ0) is 21.2. The van der Waals surface area contributed by atoms with Crippen molar-refractivity contribution in [3.63, 3.8) is 0 Å². The van der Waals surface area contributed by atoms with E-state index >= 15 is 0 Å². The molecular formula is C16H20N5O7S+. The van der Waals surface area contributed by atoms with E-state index in [1.807, 2.05) is 0 Å². The zero-order valence-corrected chi connectivity index (χ0v) is 16.3. The summed E-state index contributed by atoms with van der Waals surface area (Å²) in [6.07, 6.45) is -1.23. The molecule has 1 saturated heterocycles. The largest absolute Gasteiger partial charge is 0.431 e. The Kier molecular flexibility index (Phi) is 5.81. The number of primary sulfonamides is 1. The Bertz CT molecular complexity index is 1070. The molecule has 1 aliphatic rings. The Balaban J connectivity index is 1.61. The van der Waals surface area contributed by atoms with Gasteiger partial charge in [0.25, 0.3) is 5.91 Å². The molecule has 0 radical (unpaired) electrons. The number of morpholine rings is 1. The highest BCUT2D eigenvalue weighted by atomic mass is 32.2. The zero-order valence-electron chi connectivity index (χ0n) is 15.5. The number of aromatic nitrogens is 2. The summed E-state index contributed by atoms with van der Waals surface area (Å²) in [6, 6.07) is 5.30. The summed E-state index contributed by atoms with van der Waals surface area (Å²) >= 11 is 0. The molecule has 156 valence electrons. The average Bonchev–Trinajstić information content (AvgIpc) is 2.96. The number of ether oxygens (including phenoxy) is 1. The lowest BCUT2D eigenvalue weighted by molar-refractivity contribution is -0.746. The standard InChI is InChI=1S/C16H19N5O7S/c1-20-12(16(24)28-19-20)9-21-6-7-27-13(15(21)23)8-14(22)18-10-2-4-11(5-3-10)29(17,25)26/h2-5,13H,6-9H2,1H3,(H3-,17,18,19,22,24,25,26)/p+1.